The number of hydrogen-bond donors (Lipinski definition) is 0. The first-order chi connectivity index (χ1) is 22.3. The third-order valence-corrected chi connectivity index (χ3v) is 7.50. The lowest BCUT2D eigenvalue weighted by atomic mass is 10.1. The predicted octanol–water partition coefficient (Wildman–Crippen LogP) is 6.29. The van der Waals surface area contributed by atoms with Crippen molar-refractivity contribution in [2.75, 3.05) is 44.2 Å². The highest BCUT2D eigenvalue weighted by molar-refractivity contribution is 5.94. The molecule has 12 nitrogen and oxygen atoms in total. The molecule has 1 saturated heterocycles. The molecule has 1 aliphatic carbocycles. The molecule has 2 amide bonds. The molecule has 0 unspecified atom stereocenters. The van der Waals surface area contributed by atoms with E-state index in [1.807, 2.05) is 39.0 Å². The van der Waals surface area contributed by atoms with Crippen molar-refractivity contribution in [3.63, 3.8) is 0 Å². The summed E-state index contributed by atoms with van der Waals surface area (Å²) in [5, 5.41) is 9.51. The van der Waals surface area contributed by atoms with Crippen LogP contribution in [0.25, 0.3) is 11.3 Å². The van der Waals surface area contributed by atoms with Crippen molar-refractivity contribution in [1.29, 1.82) is 5.26 Å². The van der Waals surface area contributed by atoms with E-state index in [4.69, 9.17) is 19.2 Å². The smallest absolute Gasteiger partial charge is 0.421 e. The third-order valence-electron chi connectivity index (χ3n) is 7.50. The molecular weight excluding hydrogens is 598 g/mol. The number of rotatable bonds is 8. The van der Waals surface area contributed by atoms with Crippen LogP contribution in [0.15, 0.2) is 48.9 Å². The summed E-state index contributed by atoms with van der Waals surface area (Å²) in [7, 11) is 0. The van der Waals surface area contributed by atoms with E-state index >= 15 is 0 Å². The van der Waals surface area contributed by atoms with Crippen LogP contribution in [0.3, 0.4) is 0 Å². The van der Waals surface area contributed by atoms with E-state index in [0.29, 0.717) is 55.0 Å². The Labute approximate surface area is 276 Å². The number of amides is 2. The van der Waals surface area contributed by atoms with Crippen LogP contribution in [0.1, 0.15) is 71.4 Å². The Hall–Kier alpha value is -4.76. The molecule has 2 aliphatic rings. The van der Waals surface area contributed by atoms with Crippen LogP contribution in [0, 0.1) is 11.3 Å². The van der Waals surface area contributed by atoms with E-state index in [9.17, 15) is 14.9 Å². The minimum absolute atomic E-state index is 0.242. The number of nitrogens with zero attached hydrogens (tertiary/aromatic N) is 7. The molecule has 1 aliphatic heterocycles. The molecule has 3 aromatic heterocycles. The molecule has 2 fully saturated rings. The molecular formula is C35H43N7O5. The molecule has 0 bridgehead atoms. The van der Waals surface area contributed by atoms with Gasteiger partial charge in [-0.05, 0) is 96.2 Å². The Morgan fingerprint density at radius 3 is 2.34 bits per heavy atom. The van der Waals surface area contributed by atoms with Gasteiger partial charge in [0.25, 0.3) is 0 Å². The third kappa shape index (κ3) is 9.39. The summed E-state index contributed by atoms with van der Waals surface area (Å²) >= 11 is 0. The number of nitriles is 1. The number of ether oxygens (including phenoxy) is 3. The second kappa shape index (κ2) is 13.9. The largest absolute Gasteiger partial charge is 0.491 e. The van der Waals surface area contributed by atoms with Crippen molar-refractivity contribution in [3.05, 3.63) is 60.0 Å². The highest BCUT2D eigenvalue weighted by Gasteiger charge is 2.31. The fourth-order valence-corrected chi connectivity index (χ4v) is 5.08. The van der Waals surface area contributed by atoms with Gasteiger partial charge in [0.05, 0.1) is 23.5 Å². The van der Waals surface area contributed by atoms with Crippen molar-refractivity contribution in [3.8, 4) is 23.1 Å². The van der Waals surface area contributed by atoms with Crippen LogP contribution >= 0.6 is 0 Å². The summed E-state index contributed by atoms with van der Waals surface area (Å²) in [6.45, 7) is 14.8. The van der Waals surface area contributed by atoms with Crippen LogP contribution in [-0.2, 0) is 9.47 Å². The quantitative estimate of drug-likeness (QED) is 0.276. The SMILES string of the molecule is CC(C)(C)OC(=O)N1CCN(CCOc2cncc(-c3cc(C4CC4)cc(N(C(=O)OC(C)(C)C)c4cc(C#N)ccn4)n3)c2)CC1. The zero-order chi connectivity index (χ0) is 33.8. The molecule has 0 atom stereocenters. The first kappa shape index (κ1) is 33.6. The van der Waals surface area contributed by atoms with Gasteiger partial charge in [-0.15, -0.1) is 0 Å². The lowest BCUT2D eigenvalue weighted by Crippen LogP contribution is -2.50. The molecule has 1 saturated carbocycles. The molecule has 0 spiro atoms. The zero-order valence-electron chi connectivity index (χ0n) is 28.0. The van der Waals surface area contributed by atoms with Gasteiger partial charge < -0.3 is 19.1 Å². The second-order valence-corrected chi connectivity index (χ2v) is 13.8. The number of piperazine rings is 1. The maximum absolute atomic E-state index is 13.6. The van der Waals surface area contributed by atoms with Gasteiger partial charge in [-0.3, -0.25) is 9.88 Å². The maximum atomic E-state index is 13.6. The topological polar surface area (TPSA) is 134 Å². The first-order valence-corrected chi connectivity index (χ1v) is 16.0. The Kier molecular flexibility index (Phi) is 9.96. The number of aromatic nitrogens is 3. The summed E-state index contributed by atoms with van der Waals surface area (Å²) < 4.78 is 17.4. The highest BCUT2D eigenvalue weighted by atomic mass is 16.6. The monoisotopic (exact) mass is 641 g/mol. The minimum atomic E-state index is -0.764. The van der Waals surface area contributed by atoms with E-state index in [0.717, 1.165) is 37.1 Å². The summed E-state index contributed by atoms with van der Waals surface area (Å²) in [6, 6.07) is 11.0. The molecule has 0 N–H and O–H groups in total. The van der Waals surface area contributed by atoms with Gasteiger partial charge in [0.15, 0.2) is 0 Å². The molecule has 4 heterocycles. The fraction of sp³-hybridized carbons (Fsp3) is 0.486. The van der Waals surface area contributed by atoms with Gasteiger partial charge in [-0.2, -0.15) is 5.26 Å². The predicted molar refractivity (Wildman–Crippen MR) is 177 cm³/mol. The van der Waals surface area contributed by atoms with Gasteiger partial charge in [-0.1, -0.05) is 0 Å². The van der Waals surface area contributed by atoms with Gasteiger partial charge >= 0.3 is 12.2 Å². The average molecular weight is 642 g/mol. The summed E-state index contributed by atoms with van der Waals surface area (Å²) in [4.78, 5) is 45.0. The Morgan fingerprint density at radius 2 is 1.68 bits per heavy atom. The molecule has 12 heteroatoms. The second-order valence-electron chi connectivity index (χ2n) is 13.8. The van der Waals surface area contributed by atoms with Crippen molar-refractivity contribution < 1.29 is 23.8 Å². The highest BCUT2D eigenvalue weighted by Crippen LogP contribution is 2.43. The van der Waals surface area contributed by atoms with E-state index in [1.165, 1.54) is 11.1 Å². The van der Waals surface area contributed by atoms with E-state index in [-0.39, 0.29) is 11.9 Å². The van der Waals surface area contributed by atoms with Crippen molar-refractivity contribution in [2.24, 2.45) is 0 Å². The Balaban J connectivity index is 1.32. The maximum Gasteiger partial charge on any atom is 0.421 e. The Bertz CT molecular complexity index is 1630. The van der Waals surface area contributed by atoms with Gasteiger partial charge in [0, 0.05) is 50.7 Å². The molecule has 47 heavy (non-hydrogen) atoms. The number of carbonyl (C=O) groups is 2. The normalized spacial score (nSPS) is 15.5. The first-order valence-electron chi connectivity index (χ1n) is 16.0. The average Bonchev–Trinajstić information content (AvgIpc) is 3.86. The zero-order valence-corrected chi connectivity index (χ0v) is 28.0. The number of anilines is 2. The molecule has 0 aromatic carbocycles. The van der Waals surface area contributed by atoms with E-state index in [2.05, 4.69) is 20.9 Å². The van der Waals surface area contributed by atoms with E-state index in [1.54, 1.807) is 50.2 Å². The molecule has 3 aromatic rings. The lowest BCUT2D eigenvalue weighted by Gasteiger charge is -2.35. The van der Waals surface area contributed by atoms with Crippen LogP contribution in [0.5, 0.6) is 5.75 Å². The molecule has 5 rings (SSSR count). The number of hydrogen-bond acceptors (Lipinski definition) is 10. The van der Waals surface area contributed by atoms with Crippen molar-refractivity contribution in [1.82, 2.24) is 24.8 Å². The van der Waals surface area contributed by atoms with Crippen LogP contribution in [0.2, 0.25) is 0 Å². The molecule has 0 radical (unpaired) electrons. The fourth-order valence-electron chi connectivity index (χ4n) is 5.08. The van der Waals surface area contributed by atoms with Crippen LogP contribution < -0.4 is 9.64 Å². The Morgan fingerprint density at radius 1 is 0.957 bits per heavy atom. The van der Waals surface area contributed by atoms with Crippen molar-refractivity contribution >= 4 is 23.8 Å². The standard InChI is InChI=1S/C35H43N7O5/c1-34(2,3)46-32(43)41-13-11-40(12-14-41)15-16-45-28-18-27(22-37-23-28)29-19-26(25-7-8-25)20-31(39-29)42(33(44)47-35(4,5)6)30-17-24(21-36)9-10-38-30/h9-10,17-20,22-23,25H,7-8,11-16H2,1-6H3. The minimum Gasteiger partial charge on any atom is -0.491 e. The van der Waals surface area contributed by atoms with Gasteiger partial charge in [0.1, 0.15) is 35.2 Å². The van der Waals surface area contributed by atoms with Crippen molar-refractivity contribution in [2.45, 2.75) is 71.5 Å². The summed E-state index contributed by atoms with van der Waals surface area (Å²) in [5.41, 5.74) is 1.50. The lowest BCUT2D eigenvalue weighted by molar-refractivity contribution is 0.0136. The molecule has 248 valence electrons. The van der Waals surface area contributed by atoms with Crippen LogP contribution in [-0.4, -0.2) is 87.5 Å². The van der Waals surface area contributed by atoms with Gasteiger partial charge in [-0.25, -0.2) is 24.5 Å². The van der Waals surface area contributed by atoms with Crippen LogP contribution in [0.4, 0.5) is 21.2 Å². The number of pyridine rings is 3. The van der Waals surface area contributed by atoms with Gasteiger partial charge in [0.2, 0.25) is 0 Å². The summed E-state index contributed by atoms with van der Waals surface area (Å²) in [5.74, 6) is 1.55. The number of carbonyl (C=O) groups excluding carboxylic acids is 2. The van der Waals surface area contributed by atoms with E-state index < -0.39 is 17.3 Å². The summed E-state index contributed by atoms with van der Waals surface area (Å²) in [6.07, 6.45) is 6.05.